The van der Waals surface area contributed by atoms with Gasteiger partial charge in [-0.15, -0.1) is 0 Å². The van der Waals surface area contributed by atoms with E-state index in [4.69, 9.17) is 9.47 Å². The van der Waals surface area contributed by atoms with Gasteiger partial charge in [0.1, 0.15) is 5.75 Å². The number of para-hydroxylation sites is 1. The van der Waals surface area contributed by atoms with Gasteiger partial charge in [-0.3, -0.25) is 9.59 Å². The van der Waals surface area contributed by atoms with Gasteiger partial charge in [-0.25, -0.2) is 0 Å². The topological polar surface area (TPSA) is 76.7 Å². The first-order valence-corrected chi connectivity index (χ1v) is 10.2. The lowest BCUT2D eigenvalue weighted by Crippen LogP contribution is -2.34. The van der Waals surface area contributed by atoms with Crippen molar-refractivity contribution in [3.8, 4) is 5.75 Å². The van der Waals surface area contributed by atoms with E-state index in [0.29, 0.717) is 36.6 Å². The molecule has 0 saturated heterocycles. The molecule has 0 unspecified atom stereocenters. The first-order valence-electron chi connectivity index (χ1n) is 10.2. The minimum absolute atomic E-state index is 0.0492. The monoisotopic (exact) mass is 412 g/mol. The molecular formula is C24H32N2O4. The Morgan fingerprint density at radius 3 is 2.30 bits per heavy atom. The number of amides is 2. The molecule has 0 heterocycles. The number of rotatable bonds is 9. The van der Waals surface area contributed by atoms with Crippen molar-refractivity contribution in [1.29, 1.82) is 0 Å². The third kappa shape index (κ3) is 6.59. The maximum Gasteiger partial charge on any atom is 0.265 e. The highest BCUT2D eigenvalue weighted by Gasteiger charge is 2.21. The van der Waals surface area contributed by atoms with Crippen LogP contribution < -0.4 is 15.4 Å². The maximum atomic E-state index is 12.8. The smallest absolute Gasteiger partial charge is 0.265 e. The third-order valence-corrected chi connectivity index (χ3v) is 4.68. The second-order valence-electron chi connectivity index (χ2n) is 8.07. The van der Waals surface area contributed by atoms with Gasteiger partial charge in [-0.2, -0.15) is 0 Å². The molecule has 6 heteroatoms. The number of nitrogens with one attached hydrogen (secondary N) is 2. The average Bonchev–Trinajstić information content (AvgIpc) is 2.72. The molecule has 1 atom stereocenters. The summed E-state index contributed by atoms with van der Waals surface area (Å²) < 4.78 is 10.9. The lowest BCUT2D eigenvalue weighted by Gasteiger charge is -2.21. The first-order chi connectivity index (χ1) is 14.3. The van der Waals surface area contributed by atoms with Gasteiger partial charge < -0.3 is 20.1 Å². The van der Waals surface area contributed by atoms with E-state index in [-0.39, 0.29) is 17.2 Å². The predicted molar refractivity (Wildman–Crippen MR) is 119 cm³/mol. The van der Waals surface area contributed by atoms with Crippen LogP contribution in [0, 0.1) is 0 Å². The Labute approximate surface area is 179 Å². The van der Waals surface area contributed by atoms with Crippen molar-refractivity contribution >= 4 is 17.5 Å². The minimum Gasteiger partial charge on any atom is -0.481 e. The highest BCUT2D eigenvalue weighted by molar-refractivity contribution is 6.04. The molecule has 0 aliphatic heterocycles. The second kappa shape index (κ2) is 10.8. The van der Waals surface area contributed by atoms with Crippen LogP contribution in [0.15, 0.2) is 48.5 Å². The number of hydrogen-bond acceptors (Lipinski definition) is 4. The van der Waals surface area contributed by atoms with Crippen LogP contribution in [0.3, 0.4) is 0 Å². The summed E-state index contributed by atoms with van der Waals surface area (Å²) in [5.41, 5.74) is 2.09. The van der Waals surface area contributed by atoms with Gasteiger partial charge in [0.2, 0.25) is 0 Å². The molecule has 0 aromatic heterocycles. The van der Waals surface area contributed by atoms with Gasteiger partial charge in [0.25, 0.3) is 11.8 Å². The van der Waals surface area contributed by atoms with Crippen molar-refractivity contribution in [2.24, 2.45) is 0 Å². The highest BCUT2D eigenvalue weighted by Crippen LogP contribution is 2.25. The van der Waals surface area contributed by atoms with E-state index in [1.807, 2.05) is 31.2 Å². The largest absolute Gasteiger partial charge is 0.481 e. The highest BCUT2D eigenvalue weighted by atomic mass is 16.5. The Morgan fingerprint density at radius 2 is 1.70 bits per heavy atom. The Morgan fingerprint density at radius 1 is 1.03 bits per heavy atom. The van der Waals surface area contributed by atoms with Crippen LogP contribution in [0.5, 0.6) is 5.75 Å². The molecule has 0 radical (unpaired) electrons. The molecule has 2 N–H and O–H groups in total. The van der Waals surface area contributed by atoms with Crippen LogP contribution in [0.25, 0.3) is 0 Å². The summed E-state index contributed by atoms with van der Waals surface area (Å²) in [6, 6.07) is 14.7. The van der Waals surface area contributed by atoms with Gasteiger partial charge in [0, 0.05) is 13.7 Å². The molecule has 0 spiro atoms. The molecule has 0 aliphatic rings. The molecule has 0 fully saturated rings. The molecule has 0 saturated carbocycles. The third-order valence-electron chi connectivity index (χ3n) is 4.68. The van der Waals surface area contributed by atoms with Gasteiger partial charge in [-0.1, -0.05) is 52.0 Å². The zero-order valence-electron chi connectivity index (χ0n) is 18.5. The van der Waals surface area contributed by atoms with E-state index in [1.54, 1.807) is 31.4 Å². The van der Waals surface area contributed by atoms with Crippen molar-refractivity contribution in [2.75, 3.05) is 25.6 Å². The van der Waals surface area contributed by atoms with E-state index in [9.17, 15) is 9.59 Å². The van der Waals surface area contributed by atoms with Crippen LogP contribution >= 0.6 is 0 Å². The zero-order chi connectivity index (χ0) is 22.1. The molecule has 162 valence electrons. The number of carbonyl (C=O) groups is 2. The second-order valence-corrected chi connectivity index (χ2v) is 8.07. The Bertz CT molecular complexity index is 841. The van der Waals surface area contributed by atoms with Crippen LogP contribution in [-0.2, 0) is 14.9 Å². The molecular weight excluding hydrogens is 380 g/mol. The Balaban J connectivity index is 2.07. The summed E-state index contributed by atoms with van der Waals surface area (Å²) in [7, 11) is 1.57. The molecule has 2 aromatic carbocycles. The lowest BCUT2D eigenvalue weighted by atomic mass is 9.87. The molecule has 0 bridgehead atoms. The van der Waals surface area contributed by atoms with Crippen LogP contribution in [-0.4, -0.2) is 38.2 Å². The van der Waals surface area contributed by atoms with E-state index < -0.39 is 6.10 Å². The van der Waals surface area contributed by atoms with E-state index in [0.717, 1.165) is 0 Å². The van der Waals surface area contributed by atoms with E-state index in [2.05, 4.69) is 31.4 Å². The normalized spacial score (nSPS) is 12.2. The van der Waals surface area contributed by atoms with Crippen molar-refractivity contribution in [3.63, 3.8) is 0 Å². The molecule has 30 heavy (non-hydrogen) atoms. The fourth-order valence-corrected chi connectivity index (χ4v) is 2.89. The van der Waals surface area contributed by atoms with E-state index in [1.165, 1.54) is 5.56 Å². The van der Waals surface area contributed by atoms with Crippen LogP contribution in [0.4, 0.5) is 5.69 Å². The van der Waals surface area contributed by atoms with Gasteiger partial charge in [0.15, 0.2) is 6.10 Å². The minimum atomic E-state index is -0.671. The van der Waals surface area contributed by atoms with Gasteiger partial charge >= 0.3 is 0 Å². The van der Waals surface area contributed by atoms with Gasteiger partial charge in [0.05, 0.1) is 17.9 Å². The van der Waals surface area contributed by atoms with Crippen LogP contribution in [0.1, 0.15) is 50.0 Å². The van der Waals surface area contributed by atoms with Crippen molar-refractivity contribution in [2.45, 2.75) is 45.6 Å². The van der Waals surface area contributed by atoms with Gasteiger partial charge in [-0.05, 0) is 41.7 Å². The van der Waals surface area contributed by atoms with E-state index >= 15 is 0 Å². The molecule has 2 aromatic rings. The molecule has 2 amide bonds. The number of carbonyl (C=O) groups excluding carboxylic acids is 2. The summed E-state index contributed by atoms with van der Waals surface area (Å²) >= 11 is 0. The number of anilines is 1. The quantitative estimate of drug-likeness (QED) is 0.607. The Kier molecular flexibility index (Phi) is 8.42. The summed E-state index contributed by atoms with van der Waals surface area (Å²) in [6.45, 7) is 9.14. The maximum absolute atomic E-state index is 12.8. The fraction of sp³-hybridized carbons (Fsp3) is 0.417. The fourth-order valence-electron chi connectivity index (χ4n) is 2.89. The predicted octanol–water partition coefficient (Wildman–Crippen LogP) is 4.16. The number of hydrogen-bond donors (Lipinski definition) is 2. The Hall–Kier alpha value is -2.86. The summed E-state index contributed by atoms with van der Waals surface area (Å²) in [4.78, 5) is 25.2. The van der Waals surface area contributed by atoms with Crippen molar-refractivity contribution < 1.29 is 19.1 Å². The lowest BCUT2D eigenvalue weighted by molar-refractivity contribution is -0.122. The summed E-state index contributed by atoms with van der Waals surface area (Å²) in [5.74, 6) is 0.0693. The molecule has 0 aliphatic carbocycles. The first kappa shape index (κ1) is 23.4. The number of methoxy groups -OCH3 is 1. The van der Waals surface area contributed by atoms with Crippen LogP contribution in [0.2, 0.25) is 0 Å². The molecule has 6 nitrogen and oxygen atoms in total. The number of ether oxygens (including phenoxy) is 2. The van der Waals surface area contributed by atoms with Crippen molar-refractivity contribution in [1.82, 2.24) is 5.32 Å². The number of benzene rings is 2. The average molecular weight is 413 g/mol. The zero-order valence-corrected chi connectivity index (χ0v) is 18.5. The summed E-state index contributed by atoms with van der Waals surface area (Å²) in [5, 5.41) is 5.60. The van der Waals surface area contributed by atoms with Crippen molar-refractivity contribution in [3.05, 3.63) is 59.7 Å². The SMILES string of the molecule is CC[C@@H](Oc1ccc(C(C)(C)C)cc1)C(=O)Nc1ccccc1C(=O)NCCOC. The standard InChI is InChI=1S/C24H32N2O4/c1-6-21(30-18-13-11-17(12-14-18)24(2,3)4)23(28)26-20-10-8-7-9-19(20)22(27)25-15-16-29-5/h7-14,21H,6,15-16H2,1-5H3,(H,25,27)(H,26,28)/t21-/m1/s1. The summed E-state index contributed by atoms with van der Waals surface area (Å²) in [6.07, 6.45) is -0.176. The molecule has 2 rings (SSSR count).